The van der Waals surface area contributed by atoms with Gasteiger partial charge in [0, 0.05) is 31.9 Å². The Morgan fingerprint density at radius 2 is 1.94 bits per heavy atom. The zero-order valence-corrected chi connectivity index (χ0v) is 20.0. The highest BCUT2D eigenvalue weighted by Gasteiger charge is 2.28. The van der Waals surface area contributed by atoms with Gasteiger partial charge < -0.3 is 23.7 Å². The number of urea groups is 1. The Kier molecular flexibility index (Phi) is 6.97. The number of benzene rings is 1. The first-order valence-electron chi connectivity index (χ1n) is 10.6. The van der Waals surface area contributed by atoms with Crippen LogP contribution in [-0.4, -0.2) is 76.7 Å². The lowest BCUT2D eigenvalue weighted by Gasteiger charge is -2.38. The first kappa shape index (κ1) is 22.8. The quantitative estimate of drug-likeness (QED) is 0.371. The van der Waals surface area contributed by atoms with Crippen molar-refractivity contribution in [3.05, 3.63) is 36.6 Å². The maximum absolute atomic E-state index is 12.5. The maximum atomic E-state index is 12.5. The van der Waals surface area contributed by atoms with Gasteiger partial charge in [-0.3, -0.25) is 9.29 Å². The van der Waals surface area contributed by atoms with Crippen molar-refractivity contribution in [3.63, 3.8) is 0 Å². The number of furan rings is 1. The number of anilines is 1. The highest BCUT2D eigenvalue weighted by atomic mass is 32.2. The molecule has 0 unspecified atom stereocenters. The molecule has 0 aliphatic carbocycles. The van der Waals surface area contributed by atoms with E-state index in [9.17, 15) is 4.79 Å². The Bertz CT molecular complexity index is 1060. The standard InChI is InChI=1S/C22H28N6O4S/c1-15-10-11-26(2)22(29)27(15)12-14-33-25-21-24-23-20(18-9-6-13-32-18)28(21)19-16(30-3)7-5-8-17(19)31-4/h5-9,13,15H,10-12,14H2,1-4H3,(H,24,25)/t15-/m0/s1. The van der Waals surface area contributed by atoms with Gasteiger partial charge in [-0.25, -0.2) is 4.79 Å². The summed E-state index contributed by atoms with van der Waals surface area (Å²) in [7, 11) is 5.04. The molecule has 1 fully saturated rings. The second-order valence-corrected chi connectivity index (χ2v) is 8.56. The van der Waals surface area contributed by atoms with Crippen molar-refractivity contribution in [1.29, 1.82) is 0 Å². The summed E-state index contributed by atoms with van der Waals surface area (Å²) in [5, 5.41) is 8.70. The molecule has 1 aromatic carbocycles. The molecule has 0 bridgehead atoms. The third-order valence-electron chi connectivity index (χ3n) is 5.61. The van der Waals surface area contributed by atoms with Crippen LogP contribution in [0.3, 0.4) is 0 Å². The first-order chi connectivity index (χ1) is 16.0. The van der Waals surface area contributed by atoms with E-state index in [4.69, 9.17) is 13.9 Å². The van der Waals surface area contributed by atoms with Gasteiger partial charge >= 0.3 is 6.03 Å². The van der Waals surface area contributed by atoms with E-state index in [1.807, 2.05) is 40.8 Å². The molecule has 176 valence electrons. The van der Waals surface area contributed by atoms with Crippen LogP contribution in [0.5, 0.6) is 11.5 Å². The second kappa shape index (κ2) is 10.1. The summed E-state index contributed by atoms with van der Waals surface area (Å²) in [6, 6.07) is 9.45. The van der Waals surface area contributed by atoms with E-state index in [0.29, 0.717) is 47.0 Å². The molecule has 1 saturated heterocycles. The number of hydrogen-bond acceptors (Lipinski definition) is 8. The van der Waals surface area contributed by atoms with Crippen molar-refractivity contribution < 1.29 is 18.7 Å². The summed E-state index contributed by atoms with van der Waals surface area (Å²) in [6.45, 7) is 3.50. The number of para-hydroxylation sites is 1. The van der Waals surface area contributed by atoms with Gasteiger partial charge in [-0.15, -0.1) is 10.2 Å². The Hall–Kier alpha value is -3.34. The topological polar surface area (TPSA) is 97.9 Å². The number of nitrogens with zero attached hydrogens (tertiary/aromatic N) is 5. The van der Waals surface area contributed by atoms with E-state index in [2.05, 4.69) is 21.8 Å². The number of rotatable bonds is 9. The number of nitrogens with one attached hydrogen (secondary N) is 1. The van der Waals surface area contributed by atoms with Crippen molar-refractivity contribution in [2.24, 2.45) is 0 Å². The number of carbonyl (C=O) groups is 1. The van der Waals surface area contributed by atoms with E-state index in [1.54, 1.807) is 31.4 Å². The zero-order chi connectivity index (χ0) is 23.4. The summed E-state index contributed by atoms with van der Waals surface area (Å²) < 4.78 is 21.9. The molecule has 1 atom stereocenters. The fraction of sp³-hybridized carbons (Fsp3) is 0.409. The molecular weight excluding hydrogens is 444 g/mol. The van der Waals surface area contributed by atoms with Gasteiger partial charge in [-0.2, -0.15) is 0 Å². The minimum atomic E-state index is 0.0661. The molecule has 11 heteroatoms. The van der Waals surface area contributed by atoms with Crippen molar-refractivity contribution in [2.45, 2.75) is 19.4 Å². The highest BCUT2D eigenvalue weighted by molar-refractivity contribution is 8.00. The number of aromatic nitrogens is 3. The Balaban J connectivity index is 1.58. The average molecular weight is 473 g/mol. The van der Waals surface area contributed by atoms with Crippen LogP contribution in [0.15, 0.2) is 41.0 Å². The second-order valence-electron chi connectivity index (χ2n) is 7.66. The molecule has 1 N–H and O–H groups in total. The molecular formula is C22H28N6O4S. The van der Waals surface area contributed by atoms with Crippen LogP contribution in [0.25, 0.3) is 17.3 Å². The van der Waals surface area contributed by atoms with Gasteiger partial charge in [0.15, 0.2) is 5.76 Å². The van der Waals surface area contributed by atoms with Gasteiger partial charge in [0.25, 0.3) is 0 Å². The zero-order valence-electron chi connectivity index (χ0n) is 19.1. The van der Waals surface area contributed by atoms with Gasteiger partial charge in [-0.1, -0.05) is 6.07 Å². The van der Waals surface area contributed by atoms with Crippen LogP contribution in [-0.2, 0) is 0 Å². The molecule has 2 amide bonds. The van der Waals surface area contributed by atoms with Gasteiger partial charge in [0.05, 0.1) is 20.5 Å². The minimum absolute atomic E-state index is 0.0661. The van der Waals surface area contributed by atoms with E-state index in [0.717, 1.165) is 13.0 Å². The number of methoxy groups -OCH3 is 2. The van der Waals surface area contributed by atoms with E-state index < -0.39 is 0 Å². The molecule has 2 aromatic heterocycles. The van der Waals surface area contributed by atoms with E-state index >= 15 is 0 Å². The summed E-state index contributed by atoms with van der Waals surface area (Å²) in [5.74, 6) is 3.44. The molecule has 10 nitrogen and oxygen atoms in total. The lowest BCUT2D eigenvalue weighted by Crippen LogP contribution is -2.52. The number of hydrogen-bond donors (Lipinski definition) is 1. The summed E-state index contributed by atoms with van der Waals surface area (Å²) in [4.78, 5) is 16.1. The van der Waals surface area contributed by atoms with Crippen molar-refractivity contribution in [3.8, 4) is 28.8 Å². The van der Waals surface area contributed by atoms with Crippen molar-refractivity contribution in [2.75, 3.05) is 44.8 Å². The molecule has 33 heavy (non-hydrogen) atoms. The number of amides is 2. The predicted molar refractivity (Wildman–Crippen MR) is 127 cm³/mol. The lowest BCUT2D eigenvalue weighted by molar-refractivity contribution is 0.119. The van der Waals surface area contributed by atoms with Crippen LogP contribution in [0.2, 0.25) is 0 Å². The lowest BCUT2D eigenvalue weighted by atomic mass is 10.1. The van der Waals surface area contributed by atoms with Gasteiger partial charge in [0.1, 0.15) is 17.2 Å². The van der Waals surface area contributed by atoms with E-state index in [-0.39, 0.29) is 12.1 Å². The molecule has 1 aliphatic heterocycles. The Morgan fingerprint density at radius 1 is 1.18 bits per heavy atom. The van der Waals surface area contributed by atoms with Crippen LogP contribution in [0.1, 0.15) is 13.3 Å². The van der Waals surface area contributed by atoms with Gasteiger partial charge in [0.2, 0.25) is 11.8 Å². The normalized spacial score (nSPS) is 16.2. The molecule has 4 rings (SSSR count). The fourth-order valence-corrected chi connectivity index (χ4v) is 4.45. The molecule has 0 radical (unpaired) electrons. The predicted octanol–water partition coefficient (Wildman–Crippen LogP) is 3.75. The SMILES string of the molecule is COc1cccc(OC)c1-n1c(NSCCN2C(=O)N(C)CC[C@@H]2C)nnc1-c1ccco1. The third-order valence-corrected chi connectivity index (χ3v) is 6.33. The molecule has 3 aromatic rings. The monoisotopic (exact) mass is 472 g/mol. The first-order valence-corrected chi connectivity index (χ1v) is 11.6. The summed E-state index contributed by atoms with van der Waals surface area (Å²) in [5.41, 5.74) is 0.656. The third kappa shape index (κ3) is 4.58. The van der Waals surface area contributed by atoms with E-state index in [1.165, 1.54) is 11.9 Å². The summed E-state index contributed by atoms with van der Waals surface area (Å²) in [6.07, 6.45) is 2.55. The molecule has 0 spiro atoms. The van der Waals surface area contributed by atoms with Gasteiger partial charge in [-0.05, 0) is 49.6 Å². The average Bonchev–Trinajstić information content (AvgIpc) is 3.50. The minimum Gasteiger partial charge on any atom is -0.494 e. The largest absolute Gasteiger partial charge is 0.494 e. The number of ether oxygens (including phenoxy) is 2. The van der Waals surface area contributed by atoms with Crippen molar-refractivity contribution >= 4 is 23.9 Å². The maximum Gasteiger partial charge on any atom is 0.320 e. The highest BCUT2D eigenvalue weighted by Crippen LogP contribution is 2.38. The smallest absolute Gasteiger partial charge is 0.320 e. The molecule has 3 heterocycles. The molecule has 0 saturated carbocycles. The molecule has 1 aliphatic rings. The summed E-state index contributed by atoms with van der Waals surface area (Å²) >= 11 is 1.45. The Morgan fingerprint density at radius 3 is 2.61 bits per heavy atom. The van der Waals surface area contributed by atoms with Crippen LogP contribution in [0.4, 0.5) is 10.7 Å². The fourth-order valence-electron chi connectivity index (χ4n) is 3.79. The van der Waals surface area contributed by atoms with Crippen molar-refractivity contribution in [1.82, 2.24) is 24.6 Å². The van der Waals surface area contributed by atoms with Crippen LogP contribution in [0, 0.1) is 0 Å². The Labute approximate surface area is 197 Å². The van der Waals surface area contributed by atoms with Crippen LogP contribution < -0.4 is 14.2 Å². The van der Waals surface area contributed by atoms with Crippen LogP contribution >= 0.6 is 11.9 Å². The number of carbonyl (C=O) groups excluding carboxylic acids is 1.